The first-order valence-electron chi connectivity index (χ1n) is 27.3. The molecule has 6 aromatic rings. The maximum absolute atomic E-state index is 13.5. The fourth-order valence-corrected chi connectivity index (χ4v) is 9.89. The van der Waals surface area contributed by atoms with Crippen molar-refractivity contribution in [3.63, 3.8) is 0 Å². The third-order valence-electron chi connectivity index (χ3n) is 14.5. The van der Waals surface area contributed by atoms with Crippen LogP contribution < -0.4 is 5.32 Å². The zero-order chi connectivity index (χ0) is 48.9. The van der Waals surface area contributed by atoms with Crippen molar-refractivity contribution in [2.75, 3.05) is 19.6 Å². The molecule has 1 amide bonds. The van der Waals surface area contributed by atoms with Crippen molar-refractivity contribution in [2.24, 2.45) is 17.8 Å². The summed E-state index contributed by atoms with van der Waals surface area (Å²) < 4.78 is 6.09. The molecule has 6 rings (SSSR count). The van der Waals surface area contributed by atoms with Crippen LogP contribution in [0.1, 0.15) is 176 Å². The van der Waals surface area contributed by atoms with Gasteiger partial charge in [-0.15, -0.1) is 0 Å². The minimum Gasteiger partial charge on any atom is -0.444 e. The predicted molar refractivity (Wildman–Crippen MR) is 297 cm³/mol. The lowest BCUT2D eigenvalue weighted by molar-refractivity contribution is 0.0819. The van der Waals surface area contributed by atoms with Gasteiger partial charge < -0.3 is 20.1 Å². The molecule has 0 saturated carbocycles. The van der Waals surface area contributed by atoms with Gasteiger partial charge in [0.15, 0.2) is 0 Å². The summed E-state index contributed by atoms with van der Waals surface area (Å²) >= 11 is 0. The number of unbranched alkanes of at least 4 members (excludes halogenated alkanes) is 4. The van der Waals surface area contributed by atoms with Gasteiger partial charge in [0.2, 0.25) is 0 Å². The number of benzene rings is 6. The Morgan fingerprint density at radius 2 is 0.882 bits per heavy atom. The van der Waals surface area contributed by atoms with Crippen LogP contribution in [0.15, 0.2) is 109 Å². The molecule has 5 nitrogen and oxygen atoms in total. The number of amides is 1. The van der Waals surface area contributed by atoms with Crippen molar-refractivity contribution >= 4 is 49.2 Å². The zero-order valence-electron chi connectivity index (χ0n) is 44.0. The highest BCUT2D eigenvalue weighted by Gasteiger charge is 2.23. The van der Waals surface area contributed by atoms with Crippen molar-refractivity contribution in [1.82, 2.24) is 10.2 Å². The summed E-state index contributed by atoms with van der Waals surface area (Å²) in [5.41, 5.74) is 2.12. The van der Waals surface area contributed by atoms with Crippen molar-refractivity contribution in [2.45, 2.75) is 184 Å². The lowest BCUT2D eigenvalue weighted by atomic mass is 9.95. The molecule has 5 heteroatoms. The molecule has 4 unspecified atom stereocenters. The molecule has 0 heterocycles. The molecule has 0 radical (unpaired) electrons. The molecule has 0 aliphatic heterocycles. The Balaban J connectivity index is 0.000000253. The number of hydrogen-bond acceptors (Lipinski definition) is 4. The maximum Gasteiger partial charge on any atom is 0.410 e. The van der Waals surface area contributed by atoms with Crippen LogP contribution in [0.2, 0.25) is 0 Å². The first kappa shape index (κ1) is 56.1. The fourth-order valence-electron chi connectivity index (χ4n) is 9.89. The van der Waals surface area contributed by atoms with E-state index in [1.165, 1.54) is 124 Å². The molecular formula is C63H92N2O3. The largest absolute Gasteiger partial charge is 0.444 e. The third kappa shape index (κ3) is 17.8. The van der Waals surface area contributed by atoms with Gasteiger partial charge >= 0.3 is 6.09 Å². The van der Waals surface area contributed by atoms with Gasteiger partial charge in [0, 0.05) is 24.7 Å². The van der Waals surface area contributed by atoms with E-state index in [1.54, 1.807) is 0 Å². The Labute approximate surface area is 413 Å². The number of carbonyl (C=O) groups is 1. The van der Waals surface area contributed by atoms with Crippen LogP contribution in [0.3, 0.4) is 0 Å². The van der Waals surface area contributed by atoms with Gasteiger partial charge in [-0.25, -0.2) is 4.79 Å². The van der Waals surface area contributed by atoms with Crippen LogP contribution >= 0.6 is 0 Å². The smallest absolute Gasteiger partial charge is 0.410 e. The fraction of sp³-hybridized carbons (Fsp3) is 0.540. The molecule has 0 saturated heterocycles. The van der Waals surface area contributed by atoms with E-state index in [0.29, 0.717) is 18.4 Å². The van der Waals surface area contributed by atoms with Gasteiger partial charge in [0.05, 0.1) is 6.61 Å². The van der Waals surface area contributed by atoms with Gasteiger partial charge in [-0.05, 0) is 117 Å². The molecule has 4 atom stereocenters. The lowest BCUT2D eigenvalue weighted by Gasteiger charge is -2.30. The molecule has 68 heavy (non-hydrogen) atoms. The number of aliphatic hydroxyl groups excluding tert-OH is 1. The highest BCUT2D eigenvalue weighted by molar-refractivity contribution is 6.03. The summed E-state index contributed by atoms with van der Waals surface area (Å²) in [6.07, 6.45) is 21.5. The second-order valence-corrected chi connectivity index (χ2v) is 19.5. The van der Waals surface area contributed by atoms with E-state index in [2.05, 4.69) is 146 Å². The normalized spacial score (nSPS) is 13.1. The zero-order valence-corrected chi connectivity index (χ0v) is 44.0. The molecule has 0 aromatic heterocycles. The average Bonchev–Trinajstić information content (AvgIpc) is 3.38. The minimum atomic E-state index is -0.160. The van der Waals surface area contributed by atoms with Crippen molar-refractivity contribution in [3.8, 4) is 0 Å². The van der Waals surface area contributed by atoms with E-state index in [-0.39, 0.29) is 12.7 Å². The van der Waals surface area contributed by atoms with E-state index in [9.17, 15) is 9.90 Å². The summed E-state index contributed by atoms with van der Waals surface area (Å²) in [6, 6.07) is 38.3. The summed E-state index contributed by atoms with van der Waals surface area (Å²) in [5.74, 6) is 2.01. The Kier molecular flexibility index (Phi) is 26.7. The molecule has 0 aliphatic carbocycles. The number of aliphatic hydroxyl groups is 1. The molecular weight excluding hydrogens is 833 g/mol. The number of hydrogen-bond donors (Lipinski definition) is 2. The first-order valence-corrected chi connectivity index (χ1v) is 27.3. The van der Waals surface area contributed by atoms with Crippen molar-refractivity contribution in [1.29, 1.82) is 0 Å². The topological polar surface area (TPSA) is 61.8 Å². The van der Waals surface area contributed by atoms with Crippen LogP contribution in [-0.2, 0) is 18.0 Å². The predicted octanol–water partition coefficient (Wildman–Crippen LogP) is 18.0. The van der Waals surface area contributed by atoms with Crippen molar-refractivity contribution in [3.05, 3.63) is 120 Å². The molecule has 372 valence electrons. The first-order chi connectivity index (χ1) is 33.3. The number of rotatable bonds is 27. The van der Waals surface area contributed by atoms with Gasteiger partial charge in [-0.1, -0.05) is 230 Å². The summed E-state index contributed by atoms with van der Waals surface area (Å²) in [6.45, 7) is 21.4. The molecule has 0 fully saturated rings. The molecule has 0 spiro atoms. The van der Waals surface area contributed by atoms with E-state index in [4.69, 9.17) is 4.74 Å². The second-order valence-electron chi connectivity index (χ2n) is 19.5. The van der Waals surface area contributed by atoms with Crippen LogP contribution in [0, 0.1) is 17.8 Å². The number of nitrogens with zero attached hydrogens (tertiary/aromatic N) is 1. The molecule has 0 aliphatic rings. The SMILES string of the molecule is CCCCC(CC)CCNC(CC)CCCC.CCCCC(CC)CN(CC(CC)CCCC)C(=O)OCc1c2ccccc2cc2ccccc12.OCc1c2ccccc2cc2ccccc12. The number of ether oxygens (including phenoxy) is 1. The van der Waals surface area contributed by atoms with Gasteiger partial charge in [0.25, 0.3) is 0 Å². The quantitative estimate of drug-likeness (QED) is 0.0505. The monoisotopic (exact) mass is 925 g/mol. The average molecular weight is 925 g/mol. The van der Waals surface area contributed by atoms with Crippen LogP contribution in [0.5, 0.6) is 0 Å². The number of carbonyl (C=O) groups excluding carboxylic acids is 1. The van der Waals surface area contributed by atoms with E-state index in [1.807, 2.05) is 29.2 Å². The molecule has 6 aromatic carbocycles. The van der Waals surface area contributed by atoms with E-state index in [0.717, 1.165) is 70.6 Å². The number of nitrogens with one attached hydrogen (secondary N) is 1. The maximum atomic E-state index is 13.5. The molecule has 2 N–H and O–H groups in total. The van der Waals surface area contributed by atoms with Gasteiger partial charge in [0.1, 0.15) is 6.61 Å². The van der Waals surface area contributed by atoms with Crippen LogP contribution in [-0.4, -0.2) is 41.8 Å². The minimum absolute atomic E-state index is 0.0852. The third-order valence-corrected chi connectivity index (χ3v) is 14.5. The van der Waals surface area contributed by atoms with Gasteiger partial charge in [-0.3, -0.25) is 0 Å². The van der Waals surface area contributed by atoms with E-state index < -0.39 is 0 Å². The van der Waals surface area contributed by atoms with Crippen LogP contribution in [0.25, 0.3) is 43.1 Å². The highest BCUT2D eigenvalue weighted by atomic mass is 16.6. The number of fused-ring (bicyclic) bond motifs is 4. The summed E-state index contributed by atoms with van der Waals surface area (Å²) in [4.78, 5) is 15.6. The Morgan fingerprint density at radius 3 is 1.26 bits per heavy atom. The lowest BCUT2D eigenvalue weighted by Crippen LogP contribution is -2.39. The van der Waals surface area contributed by atoms with Gasteiger partial charge in [-0.2, -0.15) is 0 Å². The Bertz CT molecular complexity index is 2160. The van der Waals surface area contributed by atoms with Crippen LogP contribution in [0.4, 0.5) is 4.79 Å². The Hall–Kier alpha value is -4.45. The van der Waals surface area contributed by atoms with E-state index >= 15 is 0 Å². The standard InChI is InChI=1S/C32H45NO2.C16H35N.C15H12O/c1-5-9-15-25(7-3)22-33(23-26(8-4)16-10-6-2)32(34)35-24-31-29-19-13-11-17-27(29)21-28-18-12-14-20-30(28)31;1-5-9-11-15(7-3)13-14-17-16(8-4)12-10-6-2;16-10-15-13-7-3-1-5-11(13)9-12-6-2-4-8-14(12)15/h11-14,17-21,25-26H,5-10,15-16,22-24H2,1-4H3;15-17H,5-14H2,1-4H3;1-9,16H,10H2. The van der Waals surface area contributed by atoms with Crippen molar-refractivity contribution < 1.29 is 14.6 Å². The summed E-state index contributed by atoms with van der Waals surface area (Å²) in [7, 11) is 0. The second kappa shape index (κ2) is 32.4. The summed E-state index contributed by atoms with van der Waals surface area (Å²) in [5, 5.41) is 22.6. The molecule has 0 bridgehead atoms. The highest BCUT2D eigenvalue weighted by Crippen LogP contribution is 2.31. The Morgan fingerprint density at radius 1 is 0.500 bits per heavy atom.